The Hall–Kier alpha value is -0.290. The summed E-state index contributed by atoms with van der Waals surface area (Å²) < 4.78 is 7.69. The van der Waals surface area contributed by atoms with Gasteiger partial charge in [0.05, 0.1) is 5.69 Å². The van der Waals surface area contributed by atoms with Crippen molar-refractivity contribution in [2.45, 2.75) is 26.0 Å². The Balaban J connectivity index is 0.00000112. The van der Waals surface area contributed by atoms with Gasteiger partial charge in [0.25, 0.3) is 0 Å². The summed E-state index contributed by atoms with van der Waals surface area (Å²) >= 11 is 0. The Morgan fingerprint density at radius 1 is 1.56 bits per heavy atom. The summed E-state index contributed by atoms with van der Waals surface area (Å²) in [5.41, 5.74) is 6.88. The van der Waals surface area contributed by atoms with Crippen molar-refractivity contribution in [2.75, 3.05) is 13.2 Å². The highest BCUT2D eigenvalue weighted by atomic mass is 35.5. The number of ether oxygens (including phenoxy) is 1. The van der Waals surface area contributed by atoms with Gasteiger partial charge in [-0.15, -0.1) is 24.8 Å². The minimum Gasteiger partial charge on any atom is -0.372 e. The minimum atomic E-state index is 0. The molecule has 1 aromatic heterocycles. The number of hydrogen-bond acceptors (Lipinski definition) is 3. The van der Waals surface area contributed by atoms with E-state index in [4.69, 9.17) is 10.5 Å². The van der Waals surface area contributed by atoms with E-state index in [0.717, 1.165) is 19.6 Å². The smallest absolute Gasteiger partial charge is 0.103 e. The Kier molecular flexibility index (Phi) is 6.99. The van der Waals surface area contributed by atoms with Crippen LogP contribution in [0.4, 0.5) is 0 Å². The van der Waals surface area contributed by atoms with E-state index in [0.29, 0.717) is 12.5 Å². The van der Waals surface area contributed by atoms with Crippen LogP contribution in [0.3, 0.4) is 0 Å². The largest absolute Gasteiger partial charge is 0.372 e. The molecule has 2 N–H and O–H groups in total. The second-order valence-corrected chi connectivity index (χ2v) is 3.65. The zero-order valence-electron chi connectivity index (χ0n) is 9.33. The zero-order chi connectivity index (χ0) is 9.97. The van der Waals surface area contributed by atoms with Crippen LogP contribution in [-0.2, 0) is 11.3 Å². The number of rotatable bonds is 3. The van der Waals surface area contributed by atoms with Crippen LogP contribution in [0.5, 0.6) is 0 Å². The van der Waals surface area contributed by atoms with Gasteiger partial charge in [0.2, 0.25) is 0 Å². The Labute approximate surface area is 108 Å². The third-order valence-corrected chi connectivity index (χ3v) is 2.86. The molecule has 2 heterocycles. The van der Waals surface area contributed by atoms with Crippen LogP contribution >= 0.6 is 24.8 Å². The Morgan fingerprint density at radius 2 is 2.31 bits per heavy atom. The molecule has 2 atom stereocenters. The first-order valence-electron chi connectivity index (χ1n) is 5.20. The molecule has 1 aliphatic rings. The van der Waals surface area contributed by atoms with Gasteiger partial charge in [-0.05, 0) is 26.0 Å². The second kappa shape index (κ2) is 7.12. The highest BCUT2D eigenvalue weighted by Crippen LogP contribution is 2.33. The molecule has 0 aliphatic carbocycles. The van der Waals surface area contributed by atoms with E-state index in [2.05, 4.69) is 12.0 Å². The molecule has 4 nitrogen and oxygen atoms in total. The average molecular weight is 268 g/mol. The Morgan fingerprint density at radius 3 is 2.94 bits per heavy atom. The maximum atomic E-state index is 5.71. The first-order valence-corrected chi connectivity index (χ1v) is 5.20. The van der Waals surface area contributed by atoms with Crippen LogP contribution in [0.2, 0.25) is 0 Å². The normalized spacial score (nSPS) is 23.6. The van der Waals surface area contributed by atoms with Gasteiger partial charge in [-0.1, -0.05) is 0 Å². The van der Waals surface area contributed by atoms with Crippen LogP contribution in [0.15, 0.2) is 12.3 Å². The van der Waals surface area contributed by atoms with Crippen molar-refractivity contribution in [3.63, 3.8) is 0 Å². The van der Waals surface area contributed by atoms with Gasteiger partial charge in [0.1, 0.15) is 6.10 Å². The molecular formula is C10H19Cl2N3O. The predicted octanol–water partition coefficient (Wildman–Crippen LogP) is 1.78. The van der Waals surface area contributed by atoms with Crippen LogP contribution in [0, 0.1) is 5.92 Å². The number of nitrogens with two attached hydrogens (primary N) is 1. The minimum absolute atomic E-state index is 0. The number of halogens is 2. The highest BCUT2D eigenvalue weighted by Gasteiger charge is 2.30. The quantitative estimate of drug-likeness (QED) is 0.909. The molecule has 1 fully saturated rings. The number of aromatic nitrogens is 2. The molecule has 0 bridgehead atoms. The zero-order valence-corrected chi connectivity index (χ0v) is 11.0. The number of aryl methyl sites for hydroxylation is 1. The van der Waals surface area contributed by atoms with Crippen LogP contribution < -0.4 is 5.73 Å². The average Bonchev–Trinajstić information content (AvgIpc) is 2.85. The molecule has 0 amide bonds. The second-order valence-electron chi connectivity index (χ2n) is 3.65. The fourth-order valence-corrected chi connectivity index (χ4v) is 2.05. The van der Waals surface area contributed by atoms with E-state index in [9.17, 15) is 0 Å². The van der Waals surface area contributed by atoms with Crippen molar-refractivity contribution in [3.05, 3.63) is 18.0 Å². The first kappa shape index (κ1) is 15.7. The Bertz CT molecular complexity index is 306. The van der Waals surface area contributed by atoms with Crippen molar-refractivity contribution in [1.82, 2.24) is 9.78 Å². The van der Waals surface area contributed by atoms with Crippen LogP contribution in [0.25, 0.3) is 0 Å². The summed E-state index contributed by atoms with van der Waals surface area (Å²) in [6, 6.07) is 2.03. The monoisotopic (exact) mass is 267 g/mol. The lowest BCUT2D eigenvalue weighted by molar-refractivity contribution is 0.0850. The van der Waals surface area contributed by atoms with Gasteiger partial charge in [0, 0.05) is 25.3 Å². The third kappa shape index (κ3) is 2.88. The summed E-state index contributed by atoms with van der Waals surface area (Å²) in [6.45, 7) is 4.49. The topological polar surface area (TPSA) is 53.1 Å². The van der Waals surface area contributed by atoms with E-state index in [1.807, 2.05) is 16.9 Å². The van der Waals surface area contributed by atoms with E-state index in [1.54, 1.807) is 0 Å². The van der Waals surface area contributed by atoms with Gasteiger partial charge in [0.15, 0.2) is 0 Å². The van der Waals surface area contributed by atoms with Gasteiger partial charge in [-0.3, -0.25) is 4.68 Å². The predicted molar refractivity (Wildman–Crippen MR) is 68.3 cm³/mol. The van der Waals surface area contributed by atoms with E-state index in [-0.39, 0.29) is 30.9 Å². The van der Waals surface area contributed by atoms with Crippen molar-refractivity contribution in [2.24, 2.45) is 11.7 Å². The standard InChI is InChI=1S/C10H17N3O.2ClH/c1-2-13-9(3-5-12-13)10-8(7-11)4-6-14-10;;/h3,5,8,10H,2,4,6-7,11H2,1H3;2*1H. The van der Waals surface area contributed by atoms with Crippen molar-refractivity contribution in [1.29, 1.82) is 0 Å². The summed E-state index contributed by atoms with van der Waals surface area (Å²) in [6.07, 6.45) is 3.05. The molecule has 1 saturated heterocycles. The van der Waals surface area contributed by atoms with E-state index in [1.165, 1.54) is 5.69 Å². The molecule has 1 aliphatic heterocycles. The lowest BCUT2D eigenvalue weighted by Gasteiger charge is -2.17. The van der Waals surface area contributed by atoms with Gasteiger partial charge in [-0.2, -0.15) is 5.10 Å². The van der Waals surface area contributed by atoms with Gasteiger partial charge >= 0.3 is 0 Å². The summed E-state index contributed by atoms with van der Waals surface area (Å²) in [4.78, 5) is 0. The van der Waals surface area contributed by atoms with Gasteiger partial charge < -0.3 is 10.5 Å². The third-order valence-electron chi connectivity index (χ3n) is 2.86. The summed E-state index contributed by atoms with van der Waals surface area (Å²) in [7, 11) is 0. The number of nitrogens with zero attached hydrogens (tertiary/aromatic N) is 2. The van der Waals surface area contributed by atoms with Gasteiger partial charge in [-0.25, -0.2) is 0 Å². The lowest BCUT2D eigenvalue weighted by atomic mass is 9.99. The molecular weight excluding hydrogens is 249 g/mol. The molecule has 2 unspecified atom stereocenters. The van der Waals surface area contributed by atoms with Crippen molar-refractivity contribution >= 4 is 24.8 Å². The summed E-state index contributed by atoms with van der Waals surface area (Å²) in [5.74, 6) is 0.456. The summed E-state index contributed by atoms with van der Waals surface area (Å²) in [5, 5.41) is 4.24. The maximum Gasteiger partial charge on any atom is 0.103 e. The molecule has 0 saturated carbocycles. The molecule has 2 rings (SSSR count). The van der Waals surface area contributed by atoms with Crippen LogP contribution in [0.1, 0.15) is 25.1 Å². The van der Waals surface area contributed by atoms with Crippen LogP contribution in [-0.4, -0.2) is 22.9 Å². The van der Waals surface area contributed by atoms with E-state index >= 15 is 0 Å². The van der Waals surface area contributed by atoms with E-state index < -0.39 is 0 Å². The molecule has 16 heavy (non-hydrogen) atoms. The SMILES string of the molecule is CCn1nccc1C1OCCC1CN.Cl.Cl. The number of hydrogen-bond donors (Lipinski definition) is 1. The maximum absolute atomic E-state index is 5.71. The molecule has 94 valence electrons. The molecule has 0 aromatic carbocycles. The first-order chi connectivity index (χ1) is 6.86. The van der Waals surface area contributed by atoms with Crippen molar-refractivity contribution in [3.8, 4) is 0 Å². The molecule has 0 spiro atoms. The molecule has 6 heteroatoms. The molecule has 0 radical (unpaired) electrons. The fraction of sp³-hybridized carbons (Fsp3) is 0.700. The van der Waals surface area contributed by atoms with Crippen molar-refractivity contribution < 1.29 is 4.74 Å². The molecule has 1 aromatic rings. The lowest BCUT2D eigenvalue weighted by Crippen LogP contribution is -2.20. The fourth-order valence-electron chi connectivity index (χ4n) is 2.05. The highest BCUT2D eigenvalue weighted by molar-refractivity contribution is 5.85.